The predicted octanol–water partition coefficient (Wildman–Crippen LogP) is 0.780. The molecule has 100 valence electrons. The summed E-state index contributed by atoms with van der Waals surface area (Å²) in [5.41, 5.74) is 2.36. The van der Waals surface area contributed by atoms with E-state index in [1.807, 2.05) is 6.20 Å². The Morgan fingerprint density at radius 3 is 2.63 bits per heavy atom. The van der Waals surface area contributed by atoms with Gasteiger partial charge in [-0.1, -0.05) is 0 Å². The molecule has 7 nitrogen and oxygen atoms in total. The van der Waals surface area contributed by atoms with Crippen LogP contribution in [0.1, 0.15) is 11.3 Å². The zero-order valence-corrected chi connectivity index (χ0v) is 10.9. The van der Waals surface area contributed by atoms with Gasteiger partial charge in [-0.25, -0.2) is 0 Å². The fourth-order valence-electron chi connectivity index (χ4n) is 2.14. The molecule has 0 atom stereocenters. The number of hydrogen-bond donors (Lipinski definition) is 1. The van der Waals surface area contributed by atoms with E-state index in [0.29, 0.717) is 17.7 Å². The summed E-state index contributed by atoms with van der Waals surface area (Å²) in [7, 11) is 3.16. The summed E-state index contributed by atoms with van der Waals surface area (Å²) in [6.07, 6.45) is 2.75. The minimum Gasteiger partial charge on any atom is -0.481 e. The Balaban J connectivity index is 1.90. The van der Waals surface area contributed by atoms with Gasteiger partial charge < -0.3 is 14.4 Å². The van der Waals surface area contributed by atoms with Gasteiger partial charge in [0.25, 0.3) is 0 Å². The second-order valence-corrected chi connectivity index (χ2v) is 4.30. The van der Waals surface area contributed by atoms with Crippen molar-refractivity contribution < 1.29 is 9.47 Å². The molecule has 3 heterocycles. The van der Waals surface area contributed by atoms with Crippen LogP contribution in [0.3, 0.4) is 0 Å². The quantitative estimate of drug-likeness (QED) is 0.880. The number of anilines is 1. The van der Waals surface area contributed by atoms with Crippen molar-refractivity contribution in [3.63, 3.8) is 0 Å². The summed E-state index contributed by atoms with van der Waals surface area (Å²) in [6, 6.07) is 1.66. The first-order chi connectivity index (χ1) is 9.30. The summed E-state index contributed by atoms with van der Waals surface area (Å²) < 4.78 is 10.3. The molecular weight excluding hydrogens is 246 g/mol. The number of methoxy groups -OCH3 is 2. The molecule has 0 aliphatic carbocycles. The van der Waals surface area contributed by atoms with Crippen molar-refractivity contribution in [2.24, 2.45) is 0 Å². The Bertz CT molecular complexity index is 561. The standard InChI is InChI=1S/C12H15N5O2/c1-18-10-5-11(19-2)15-12(14-10)17-4-3-9-8(7-17)6-13-16-9/h5-6H,3-4,7H2,1-2H3,(H,13,16). The lowest BCUT2D eigenvalue weighted by atomic mass is 10.1. The van der Waals surface area contributed by atoms with E-state index in [1.165, 1.54) is 11.3 Å². The van der Waals surface area contributed by atoms with Crippen molar-refractivity contribution in [3.8, 4) is 11.8 Å². The summed E-state index contributed by atoms with van der Waals surface area (Å²) in [5, 5.41) is 7.07. The Morgan fingerprint density at radius 1 is 1.21 bits per heavy atom. The number of rotatable bonds is 3. The average Bonchev–Trinajstić information content (AvgIpc) is 2.94. The lowest BCUT2D eigenvalue weighted by molar-refractivity contribution is 0.371. The van der Waals surface area contributed by atoms with Crippen LogP contribution in [0.4, 0.5) is 5.95 Å². The summed E-state index contributed by atoms with van der Waals surface area (Å²) in [6.45, 7) is 1.58. The van der Waals surface area contributed by atoms with Gasteiger partial charge in [0.05, 0.1) is 26.5 Å². The summed E-state index contributed by atoms with van der Waals surface area (Å²) in [5.74, 6) is 1.61. The van der Waals surface area contributed by atoms with Crippen molar-refractivity contribution in [2.75, 3.05) is 25.7 Å². The first-order valence-corrected chi connectivity index (χ1v) is 6.03. The molecule has 0 bridgehead atoms. The molecule has 2 aromatic rings. The predicted molar refractivity (Wildman–Crippen MR) is 68.5 cm³/mol. The zero-order valence-electron chi connectivity index (χ0n) is 10.9. The van der Waals surface area contributed by atoms with Crippen LogP contribution in [-0.2, 0) is 13.0 Å². The number of ether oxygens (including phenoxy) is 2. The number of nitrogens with one attached hydrogen (secondary N) is 1. The minimum absolute atomic E-state index is 0.500. The van der Waals surface area contributed by atoms with Gasteiger partial charge >= 0.3 is 0 Å². The van der Waals surface area contributed by atoms with Gasteiger partial charge in [0, 0.05) is 30.8 Å². The van der Waals surface area contributed by atoms with Gasteiger partial charge in [0.2, 0.25) is 17.7 Å². The van der Waals surface area contributed by atoms with Crippen LogP contribution in [0.2, 0.25) is 0 Å². The maximum absolute atomic E-state index is 5.17. The third kappa shape index (κ3) is 2.18. The van der Waals surface area contributed by atoms with Crippen molar-refractivity contribution in [1.82, 2.24) is 20.2 Å². The molecule has 2 aromatic heterocycles. The Labute approximate surface area is 110 Å². The molecule has 0 spiro atoms. The van der Waals surface area contributed by atoms with Crippen LogP contribution in [0, 0.1) is 0 Å². The zero-order chi connectivity index (χ0) is 13.2. The van der Waals surface area contributed by atoms with Gasteiger partial charge in [0.15, 0.2) is 0 Å². The third-order valence-corrected chi connectivity index (χ3v) is 3.17. The van der Waals surface area contributed by atoms with Gasteiger partial charge in [-0.05, 0) is 0 Å². The van der Waals surface area contributed by atoms with Crippen molar-refractivity contribution in [3.05, 3.63) is 23.5 Å². The molecule has 0 saturated heterocycles. The Hall–Kier alpha value is -2.31. The SMILES string of the molecule is COc1cc(OC)nc(N2CCc3[nH]ncc3C2)n1. The fourth-order valence-corrected chi connectivity index (χ4v) is 2.14. The average molecular weight is 261 g/mol. The number of hydrogen-bond acceptors (Lipinski definition) is 6. The monoisotopic (exact) mass is 261 g/mol. The number of nitrogens with zero attached hydrogens (tertiary/aromatic N) is 4. The fraction of sp³-hybridized carbons (Fsp3) is 0.417. The van der Waals surface area contributed by atoms with Crippen LogP contribution in [-0.4, -0.2) is 40.9 Å². The molecule has 19 heavy (non-hydrogen) atoms. The molecule has 3 rings (SSSR count). The number of aromatic amines is 1. The van der Waals surface area contributed by atoms with E-state index < -0.39 is 0 Å². The van der Waals surface area contributed by atoms with Crippen molar-refractivity contribution in [1.29, 1.82) is 0 Å². The largest absolute Gasteiger partial charge is 0.481 e. The van der Waals surface area contributed by atoms with Crippen molar-refractivity contribution >= 4 is 5.95 Å². The molecule has 0 aromatic carbocycles. The van der Waals surface area contributed by atoms with Crippen LogP contribution in [0.15, 0.2) is 12.3 Å². The minimum atomic E-state index is 0.500. The van der Waals surface area contributed by atoms with Crippen LogP contribution < -0.4 is 14.4 Å². The van der Waals surface area contributed by atoms with Crippen molar-refractivity contribution in [2.45, 2.75) is 13.0 Å². The number of H-pyrrole nitrogens is 1. The van der Waals surface area contributed by atoms with E-state index >= 15 is 0 Å². The molecule has 1 N–H and O–H groups in total. The smallest absolute Gasteiger partial charge is 0.232 e. The number of aromatic nitrogens is 4. The van der Waals surface area contributed by atoms with Crippen LogP contribution >= 0.6 is 0 Å². The van der Waals surface area contributed by atoms with E-state index in [4.69, 9.17) is 9.47 Å². The van der Waals surface area contributed by atoms with Gasteiger partial charge in [0.1, 0.15) is 0 Å². The Morgan fingerprint density at radius 2 is 1.95 bits per heavy atom. The lowest BCUT2D eigenvalue weighted by Gasteiger charge is -2.26. The van der Waals surface area contributed by atoms with Gasteiger partial charge in [-0.15, -0.1) is 0 Å². The molecule has 0 fully saturated rings. The topological polar surface area (TPSA) is 76.2 Å². The van der Waals surface area contributed by atoms with E-state index in [0.717, 1.165) is 19.5 Å². The highest BCUT2D eigenvalue weighted by atomic mass is 16.5. The maximum Gasteiger partial charge on any atom is 0.232 e. The summed E-state index contributed by atoms with van der Waals surface area (Å²) in [4.78, 5) is 10.8. The molecule has 0 amide bonds. The molecule has 1 aliphatic heterocycles. The second-order valence-electron chi connectivity index (χ2n) is 4.30. The first kappa shape index (κ1) is 11.8. The summed E-state index contributed by atoms with van der Waals surface area (Å²) >= 11 is 0. The number of fused-ring (bicyclic) bond motifs is 1. The highest BCUT2D eigenvalue weighted by molar-refractivity contribution is 5.40. The van der Waals surface area contributed by atoms with E-state index in [-0.39, 0.29) is 0 Å². The molecule has 0 unspecified atom stereocenters. The normalized spacial score (nSPS) is 14.1. The van der Waals surface area contributed by atoms with Crippen LogP contribution in [0.5, 0.6) is 11.8 Å². The molecule has 0 radical (unpaired) electrons. The molecular formula is C12H15N5O2. The van der Waals surface area contributed by atoms with Gasteiger partial charge in [-0.3, -0.25) is 5.10 Å². The highest BCUT2D eigenvalue weighted by Crippen LogP contribution is 2.24. The molecule has 0 saturated carbocycles. The highest BCUT2D eigenvalue weighted by Gasteiger charge is 2.21. The van der Waals surface area contributed by atoms with Crippen LogP contribution in [0.25, 0.3) is 0 Å². The van der Waals surface area contributed by atoms with E-state index in [1.54, 1.807) is 20.3 Å². The van der Waals surface area contributed by atoms with Gasteiger partial charge in [-0.2, -0.15) is 15.1 Å². The second kappa shape index (κ2) is 4.75. The first-order valence-electron chi connectivity index (χ1n) is 6.03. The third-order valence-electron chi connectivity index (χ3n) is 3.17. The maximum atomic E-state index is 5.17. The molecule has 1 aliphatic rings. The molecule has 7 heteroatoms. The van der Waals surface area contributed by atoms with E-state index in [9.17, 15) is 0 Å². The lowest BCUT2D eigenvalue weighted by Crippen LogP contribution is -2.31. The van der Waals surface area contributed by atoms with E-state index in [2.05, 4.69) is 25.1 Å². The Kier molecular flexibility index (Phi) is 2.94.